The first-order valence-electron chi connectivity index (χ1n) is 11.2. The van der Waals surface area contributed by atoms with Crippen LogP contribution < -0.4 is 10.6 Å². The van der Waals surface area contributed by atoms with Gasteiger partial charge in [-0.25, -0.2) is 9.37 Å². The van der Waals surface area contributed by atoms with Crippen LogP contribution in [0.3, 0.4) is 0 Å². The first-order chi connectivity index (χ1) is 16.9. The van der Waals surface area contributed by atoms with Crippen molar-refractivity contribution >= 4 is 34.1 Å². The summed E-state index contributed by atoms with van der Waals surface area (Å²) in [4.78, 5) is 34.5. The van der Waals surface area contributed by atoms with Crippen LogP contribution in [0.5, 0.6) is 0 Å². The highest BCUT2D eigenvalue weighted by molar-refractivity contribution is 6.04. The molecule has 10 nitrogen and oxygen atoms in total. The van der Waals surface area contributed by atoms with E-state index in [9.17, 15) is 24.2 Å². The van der Waals surface area contributed by atoms with Crippen molar-refractivity contribution in [2.75, 3.05) is 25.1 Å². The van der Waals surface area contributed by atoms with E-state index in [1.165, 1.54) is 12.1 Å². The summed E-state index contributed by atoms with van der Waals surface area (Å²) in [6.45, 7) is 1.08. The minimum atomic E-state index is -0.986. The van der Waals surface area contributed by atoms with E-state index in [4.69, 9.17) is 4.98 Å². The molecule has 5 rings (SSSR count). The normalized spacial score (nSPS) is 14.3. The third-order valence-electron chi connectivity index (χ3n) is 6.13. The summed E-state index contributed by atoms with van der Waals surface area (Å²) < 4.78 is 15.3. The maximum absolute atomic E-state index is 13.8. The largest absolute Gasteiger partial charge is 0.395 e. The van der Waals surface area contributed by atoms with Gasteiger partial charge in [0.2, 0.25) is 5.91 Å². The Morgan fingerprint density at radius 1 is 1.26 bits per heavy atom. The van der Waals surface area contributed by atoms with Gasteiger partial charge in [-0.15, -0.1) is 0 Å². The minimum absolute atomic E-state index is 0.134. The number of Topliss-reactive ketones (excluding diaryl/α,β-unsaturated/α-hetero) is 1. The van der Waals surface area contributed by atoms with Gasteiger partial charge >= 0.3 is 0 Å². The van der Waals surface area contributed by atoms with Crippen molar-refractivity contribution in [1.29, 1.82) is 0 Å². The van der Waals surface area contributed by atoms with Crippen molar-refractivity contribution in [2.24, 2.45) is 5.92 Å². The molecule has 1 aromatic carbocycles. The van der Waals surface area contributed by atoms with Crippen LogP contribution in [0.15, 0.2) is 36.7 Å². The van der Waals surface area contributed by atoms with Crippen molar-refractivity contribution in [3.8, 4) is 11.1 Å². The summed E-state index contributed by atoms with van der Waals surface area (Å²) in [6.07, 6.45) is 3.51. The topological polar surface area (TPSA) is 142 Å². The minimum Gasteiger partial charge on any atom is -0.395 e. The van der Waals surface area contributed by atoms with Crippen molar-refractivity contribution < 1.29 is 24.2 Å². The lowest BCUT2D eigenvalue weighted by atomic mass is 9.99. The number of hydrogen-bond acceptors (Lipinski definition) is 8. The number of rotatable bonds is 6. The van der Waals surface area contributed by atoms with Crippen molar-refractivity contribution in [1.82, 2.24) is 24.9 Å². The highest BCUT2D eigenvalue weighted by Crippen LogP contribution is 2.33. The van der Waals surface area contributed by atoms with E-state index in [2.05, 4.69) is 20.7 Å². The molecule has 0 radical (unpaired) electrons. The number of carbonyl (C=O) groups excluding carboxylic acids is 2. The molecule has 1 unspecified atom stereocenters. The molecule has 4 heterocycles. The maximum atomic E-state index is 13.8. The van der Waals surface area contributed by atoms with Gasteiger partial charge in [-0.3, -0.25) is 14.6 Å². The molecule has 1 aliphatic rings. The Morgan fingerprint density at radius 2 is 2.06 bits per heavy atom. The van der Waals surface area contributed by atoms with E-state index >= 15 is 0 Å². The summed E-state index contributed by atoms with van der Waals surface area (Å²) in [7, 11) is 0. The number of aromatic nitrogens is 4. The zero-order chi connectivity index (χ0) is 24.7. The van der Waals surface area contributed by atoms with Gasteiger partial charge in [-0.1, -0.05) is 0 Å². The number of anilines is 1. The highest BCUT2D eigenvalue weighted by atomic mass is 19.1. The number of benzene rings is 1. The molecular formula is C24H23FN6O4. The molecule has 1 atom stereocenters. The number of fused-ring (bicyclic) bond motifs is 4. The number of amides is 1. The molecule has 0 saturated carbocycles. The third-order valence-corrected chi connectivity index (χ3v) is 6.13. The Balaban J connectivity index is 1.65. The van der Waals surface area contributed by atoms with Gasteiger partial charge in [0.15, 0.2) is 11.4 Å². The van der Waals surface area contributed by atoms with E-state index in [0.29, 0.717) is 51.3 Å². The molecule has 1 amide bonds. The van der Waals surface area contributed by atoms with Crippen molar-refractivity contribution in [2.45, 2.75) is 19.4 Å². The molecule has 3 aromatic heterocycles. The van der Waals surface area contributed by atoms with Crippen molar-refractivity contribution in [3.05, 3.63) is 53.7 Å². The number of carbonyl (C=O) groups is 2. The predicted octanol–water partition coefficient (Wildman–Crippen LogP) is 1.86. The van der Waals surface area contributed by atoms with Gasteiger partial charge in [-0.2, -0.15) is 9.61 Å². The fraction of sp³-hybridized carbons (Fsp3) is 0.292. The number of pyridine rings is 1. The molecule has 4 aromatic rings. The summed E-state index contributed by atoms with van der Waals surface area (Å²) in [5.41, 5.74) is 3.03. The fourth-order valence-electron chi connectivity index (χ4n) is 4.26. The Morgan fingerprint density at radius 3 is 2.83 bits per heavy atom. The van der Waals surface area contributed by atoms with E-state index in [0.717, 1.165) is 0 Å². The molecule has 0 bridgehead atoms. The Bertz CT molecular complexity index is 1470. The first kappa shape index (κ1) is 22.8. The zero-order valence-electron chi connectivity index (χ0n) is 18.8. The summed E-state index contributed by atoms with van der Waals surface area (Å²) in [5, 5.41) is 29.7. The standard InChI is InChI=1S/C24H23FN6O4/c1-12(29-24(35)15(10-32)11-33)21-20-19(34)4-5-26-23(20)31-22(30-21)17(9-28-31)14-6-13-7-16(25)2-3-18(13)27-8-14/h2-3,6-9,12,15,26,32-33H,4-5,10-11H2,1H3,(H,29,35). The van der Waals surface area contributed by atoms with E-state index in [-0.39, 0.29) is 18.0 Å². The highest BCUT2D eigenvalue weighted by Gasteiger charge is 2.30. The van der Waals surface area contributed by atoms with Gasteiger partial charge in [0.05, 0.1) is 48.1 Å². The second-order valence-electron chi connectivity index (χ2n) is 8.47. The van der Waals surface area contributed by atoms with Crippen LogP contribution in [-0.4, -0.2) is 61.2 Å². The zero-order valence-corrected chi connectivity index (χ0v) is 18.8. The number of nitrogens with one attached hydrogen (secondary N) is 2. The van der Waals surface area contributed by atoms with Crippen LogP contribution in [-0.2, 0) is 4.79 Å². The average Bonchev–Trinajstić information content (AvgIpc) is 3.28. The summed E-state index contributed by atoms with van der Waals surface area (Å²) in [6, 6.07) is 5.44. The molecule has 0 spiro atoms. The second-order valence-corrected chi connectivity index (χ2v) is 8.47. The van der Waals surface area contributed by atoms with Crippen LogP contribution in [0.2, 0.25) is 0 Å². The summed E-state index contributed by atoms with van der Waals surface area (Å²) in [5.74, 6) is -1.58. The number of halogens is 1. The monoisotopic (exact) mass is 478 g/mol. The van der Waals surface area contributed by atoms with Gasteiger partial charge in [0, 0.05) is 35.7 Å². The second kappa shape index (κ2) is 9.01. The molecule has 1 aliphatic heterocycles. The lowest BCUT2D eigenvalue weighted by molar-refractivity contribution is -0.128. The van der Waals surface area contributed by atoms with E-state index in [1.807, 2.05) is 0 Å². The molecule has 4 N–H and O–H groups in total. The number of aliphatic hydroxyl groups is 2. The van der Waals surface area contributed by atoms with Crippen LogP contribution in [0.25, 0.3) is 27.7 Å². The molecule has 0 fully saturated rings. The smallest absolute Gasteiger partial charge is 0.228 e. The van der Waals surface area contributed by atoms with E-state index in [1.54, 1.807) is 36.0 Å². The number of hydrogen-bond donors (Lipinski definition) is 4. The molecular weight excluding hydrogens is 455 g/mol. The lowest BCUT2D eigenvalue weighted by Crippen LogP contribution is -2.37. The number of aliphatic hydroxyl groups excluding tert-OH is 2. The molecule has 35 heavy (non-hydrogen) atoms. The van der Waals surface area contributed by atoms with Gasteiger partial charge < -0.3 is 20.8 Å². The van der Waals surface area contributed by atoms with Gasteiger partial charge in [0.1, 0.15) is 11.6 Å². The van der Waals surface area contributed by atoms with Crippen LogP contribution in [0.4, 0.5) is 10.2 Å². The molecule has 180 valence electrons. The van der Waals surface area contributed by atoms with Crippen LogP contribution in [0, 0.1) is 11.7 Å². The number of nitrogens with zero attached hydrogens (tertiary/aromatic N) is 4. The molecule has 11 heteroatoms. The Labute approximate surface area is 198 Å². The average molecular weight is 478 g/mol. The van der Waals surface area contributed by atoms with Crippen LogP contribution >= 0.6 is 0 Å². The number of ketones is 1. The summed E-state index contributed by atoms with van der Waals surface area (Å²) >= 11 is 0. The third kappa shape index (κ3) is 3.98. The quantitative estimate of drug-likeness (QED) is 0.329. The maximum Gasteiger partial charge on any atom is 0.228 e. The predicted molar refractivity (Wildman–Crippen MR) is 125 cm³/mol. The fourth-order valence-corrected chi connectivity index (χ4v) is 4.26. The first-order valence-corrected chi connectivity index (χ1v) is 11.2. The SMILES string of the molecule is CC(NC(=O)C(CO)CO)c1nc2c(-c3cnc4ccc(F)cc4c3)cnn2c2c1C(=O)CCN2. The Kier molecular flexibility index (Phi) is 5.87. The lowest BCUT2D eigenvalue weighted by Gasteiger charge is -2.24. The van der Waals surface area contributed by atoms with Crippen molar-refractivity contribution in [3.63, 3.8) is 0 Å². The van der Waals surface area contributed by atoms with E-state index < -0.39 is 31.1 Å². The molecule has 0 aliphatic carbocycles. The van der Waals surface area contributed by atoms with Gasteiger partial charge in [-0.05, 0) is 31.2 Å². The van der Waals surface area contributed by atoms with Crippen LogP contribution in [0.1, 0.15) is 35.4 Å². The van der Waals surface area contributed by atoms with Gasteiger partial charge in [0.25, 0.3) is 0 Å². The molecule has 0 saturated heterocycles. The Hall–Kier alpha value is -3.96.